The number of hydrogen-bond acceptors (Lipinski definition) is 3. The standard InChI is InChI=1S/C14H18N2O3/c1-9(17)16-13(14(18)19)8-15-12-7-6-10-4-2-3-5-11(10)12/h2-5,12-13,15H,6-8H2,1H3,(H,16,17)(H,18,19). The largest absolute Gasteiger partial charge is 0.480 e. The lowest BCUT2D eigenvalue weighted by molar-refractivity contribution is -0.141. The summed E-state index contributed by atoms with van der Waals surface area (Å²) in [4.78, 5) is 22.0. The van der Waals surface area contributed by atoms with Gasteiger partial charge in [0.15, 0.2) is 0 Å². The van der Waals surface area contributed by atoms with E-state index >= 15 is 0 Å². The molecule has 0 saturated carbocycles. The van der Waals surface area contributed by atoms with Crippen molar-refractivity contribution in [3.05, 3.63) is 35.4 Å². The van der Waals surface area contributed by atoms with Gasteiger partial charge in [0.25, 0.3) is 0 Å². The van der Waals surface area contributed by atoms with Gasteiger partial charge in [-0.05, 0) is 24.0 Å². The van der Waals surface area contributed by atoms with E-state index in [9.17, 15) is 9.59 Å². The molecule has 0 bridgehead atoms. The maximum atomic E-state index is 11.0. The fraction of sp³-hybridized carbons (Fsp3) is 0.429. The number of aryl methyl sites for hydroxylation is 1. The van der Waals surface area contributed by atoms with Crippen LogP contribution in [0.3, 0.4) is 0 Å². The van der Waals surface area contributed by atoms with Crippen LogP contribution in [0.25, 0.3) is 0 Å². The summed E-state index contributed by atoms with van der Waals surface area (Å²) in [6, 6.07) is 7.45. The van der Waals surface area contributed by atoms with Crippen LogP contribution in [-0.4, -0.2) is 29.6 Å². The second-order valence-electron chi connectivity index (χ2n) is 4.79. The second kappa shape index (κ2) is 5.84. The van der Waals surface area contributed by atoms with E-state index in [1.165, 1.54) is 18.1 Å². The first-order valence-electron chi connectivity index (χ1n) is 6.39. The third-order valence-corrected chi connectivity index (χ3v) is 3.38. The minimum atomic E-state index is -1.02. The van der Waals surface area contributed by atoms with Crippen molar-refractivity contribution in [1.29, 1.82) is 0 Å². The number of nitrogens with one attached hydrogen (secondary N) is 2. The first kappa shape index (κ1) is 13.5. The van der Waals surface area contributed by atoms with Crippen LogP contribution in [0.15, 0.2) is 24.3 Å². The Balaban J connectivity index is 1.95. The predicted molar refractivity (Wildman–Crippen MR) is 70.7 cm³/mol. The average molecular weight is 262 g/mol. The van der Waals surface area contributed by atoms with Gasteiger partial charge in [0, 0.05) is 19.5 Å². The topological polar surface area (TPSA) is 78.4 Å². The van der Waals surface area contributed by atoms with E-state index in [4.69, 9.17) is 5.11 Å². The van der Waals surface area contributed by atoms with Gasteiger partial charge in [-0.1, -0.05) is 24.3 Å². The van der Waals surface area contributed by atoms with Crippen molar-refractivity contribution < 1.29 is 14.7 Å². The van der Waals surface area contributed by atoms with E-state index in [-0.39, 0.29) is 18.5 Å². The smallest absolute Gasteiger partial charge is 0.327 e. The summed E-state index contributed by atoms with van der Waals surface area (Å²) in [6.07, 6.45) is 1.97. The number of carbonyl (C=O) groups is 2. The van der Waals surface area contributed by atoms with Crippen LogP contribution in [0.2, 0.25) is 0 Å². The highest BCUT2D eigenvalue weighted by molar-refractivity contribution is 5.82. The van der Waals surface area contributed by atoms with Crippen molar-refractivity contribution >= 4 is 11.9 Å². The summed E-state index contributed by atoms with van der Waals surface area (Å²) in [5.74, 6) is -1.35. The molecule has 19 heavy (non-hydrogen) atoms. The Morgan fingerprint density at radius 1 is 1.42 bits per heavy atom. The Kier molecular flexibility index (Phi) is 4.16. The lowest BCUT2D eigenvalue weighted by atomic mass is 10.1. The molecule has 0 spiro atoms. The van der Waals surface area contributed by atoms with Crippen LogP contribution >= 0.6 is 0 Å². The van der Waals surface area contributed by atoms with E-state index in [0.29, 0.717) is 0 Å². The maximum absolute atomic E-state index is 11.0. The van der Waals surface area contributed by atoms with Crippen LogP contribution in [0.1, 0.15) is 30.5 Å². The zero-order valence-electron chi connectivity index (χ0n) is 10.8. The fourth-order valence-electron chi connectivity index (χ4n) is 2.47. The van der Waals surface area contributed by atoms with Crippen LogP contribution in [-0.2, 0) is 16.0 Å². The van der Waals surface area contributed by atoms with Crippen molar-refractivity contribution in [2.45, 2.75) is 31.8 Å². The minimum absolute atomic E-state index is 0.173. The number of amides is 1. The van der Waals surface area contributed by atoms with E-state index in [1.54, 1.807) is 0 Å². The number of benzene rings is 1. The zero-order valence-corrected chi connectivity index (χ0v) is 10.8. The van der Waals surface area contributed by atoms with E-state index in [1.807, 2.05) is 12.1 Å². The molecule has 1 aromatic rings. The molecule has 1 aliphatic rings. The molecule has 1 aliphatic carbocycles. The highest BCUT2D eigenvalue weighted by Crippen LogP contribution is 2.30. The number of hydrogen-bond donors (Lipinski definition) is 3. The molecule has 0 fully saturated rings. The third-order valence-electron chi connectivity index (χ3n) is 3.38. The van der Waals surface area contributed by atoms with Gasteiger partial charge in [0.2, 0.25) is 5.91 Å². The highest BCUT2D eigenvalue weighted by Gasteiger charge is 2.24. The molecule has 2 atom stereocenters. The summed E-state index contributed by atoms with van der Waals surface area (Å²) >= 11 is 0. The normalized spacial score (nSPS) is 18.7. The molecule has 0 heterocycles. The summed E-state index contributed by atoms with van der Waals surface area (Å²) in [5.41, 5.74) is 2.54. The van der Waals surface area contributed by atoms with Crippen molar-refractivity contribution in [2.75, 3.05) is 6.54 Å². The van der Waals surface area contributed by atoms with Gasteiger partial charge in [0.1, 0.15) is 6.04 Å². The molecular formula is C14H18N2O3. The molecule has 1 amide bonds. The summed E-state index contributed by atoms with van der Waals surface area (Å²) in [6.45, 7) is 1.55. The molecule has 3 N–H and O–H groups in total. The van der Waals surface area contributed by atoms with Crippen molar-refractivity contribution in [1.82, 2.24) is 10.6 Å². The van der Waals surface area contributed by atoms with Gasteiger partial charge in [-0.15, -0.1) is 0 Å². The van der Waals surface area contributed by atoms with Crippen LogP contribution < -0.4 is 10.6 Å². The quantitative estimate of drug-likeness (QED) is 0.735. The van der Waals surface area contributed by atoms with Gasteiger partial charge in [-0.2, -0.15) is 0 Å². The Morgan fingerprint density at radius 2 is 2.16 bits per heavy atom. The van der Waals surface area contributed by atoms with E-state index < -0.39 is 12.0 Å². The molecular weight excluding hydrogens is 244 g/mol. The molecule has 0 aliphatic heterocycles. The third kappa shape index (κ3) is 3.32. The summed E-state index contributed by atoms with van der Waals surface area (Å²) in [7, 11) is 0. The van der Waals surface area contributed by atoms with Gasteiger partial charge in [-0.3, -0.25) is 4.79 Å². The van der Waals surface area contributed by atoms with Crippen LogP contribution in [0.5, 0.6) is 0 Å². The van der Waals surface area contributed by atoms with E-state index in [0.717, 1.165) is 12.8 Å². The van der Waals surface area contributed by atoms with Gasteiger partial charge in [0.05, 0.1) is 0 Å². The highest BCUT2D eigenvalue weighted by atomic mass is 16.4. The molecule has 1 aromatic carbocycles. The van der Waals surface area contributed by atoms with Crippen molar-refractivity contribution in [3.8, 4) is 0 Å². The zero-order chi connectivity index (χ0) is 13.8. The number of rotatable bonds is 5. The molecule has 5 heteroatoms. The molecule has 5 nitrogen and oxygen atoms in total. The van der Waals surface area contributed by atoms with Gasteiger partial charge >= 0.3 is 5.97 Å². The van der Waals surface area contributed by atoms with Crippen molar-refractivity contribution in [3.63, 3.8) is 0 Å². The van der Waals surface area contributed by atoms with Gasteiger partial charge < -0.3 is 15.7 Å². The lowest BCUT2D eigenvalue weighted by Crippen LogP contribution is -2.47. The Labute approximate surface area is 112 Å². The molecule has 2 rings (SSSR count). The van der Waals surface area contributed by atoms with Crippen LogP contribution in [0.4, 0.5) is 0 Å². The average Bonchev–Trinajstić information content (AvgIpc) is 2.77. The minimum Gasteiger partial charge on any atom is -0.480 e. The molecule has 0 aromatic heterocycles. The number of carbonyl (C=O) groups excluding carboxylic acids is 1. The first-order valence-corrected chi connectivity index (χ1v) is 6.39. The Morgan fingerprint density at radius 3 is 2.84 bits per heavy atom. The Hall–Kier alpha value is -1.88. The second-order valence-corrected chi connectivity index (χ2v) is 4.79. The summed E-state index contributed by atoms with van der Waals surface area (Å²) < 4.78 is 0. The molecule has 2 unspecified atom stereocenters. The monoisotopic (exact) mass is 262 g/mol. The van der Waals surface area contributed by atoms with Crippen molar-refractivity contribution in [2.24, 2.45) is 0 Å². The number of carboxylic acid groups (broad SMARTS) is 1. The maximum Gasteiger partial charge on any atom is 0.327 e. The number of fused-ring (bicyclic) bond motifs is 1. The molecule has 0 radical (unpaired) electrons. The van der Waals surface area contributed by atoms with E-state index in [2.05, 4.69) is 22.8 Å². The van der Waals surface area contributed by atoms with Gasteiger partial charge in [-0.25, -0.2) is 4.79 Å². The fourth-order valence-corrected chi connectivity index (χ4v) is 2.47. The predicted octanol–water partition coefficient (Wildman–Crippen LogP) is 0.853. The first-order chi connectivity index (χ1) is 9.08. The SMILES string of the molecule is CC(=O)NC(CNC1CCc2ccccc21)C(=O)O. The molecule has 0 saturated heterocycles. The number of aliphatic carboxylic acids is 1. The number of carboxylic acids is 1. The Bertz CT molecular complexity index is 487. The molecule has 102 valence electrons. The summed E-state index contributed by atoms with van der Waals surface area (Å²) in [5, 5.41) is 14.7. The lowest BCUT2D eigenvalue weighted by Gasteiger charge is -2.18. The van der Waals surface area contributed by atoms with Crippen LogP contribution in [0, 0.1) is 0 Å².